The third-order valence-electron chi connectivity index (χ3n) is 15.6. The van der Waals surface area contributed by atoms with Crippen LogP contribution >= 0.6 is 58.0 Å². The molecule has 0 radical (unpaired) electrons. The minimum absolute atomic E-state index is 0.0229. The van der Waals surface area contributed by atoms with Crippen molar-refractivity contribution in [2.24, 2.45) is 0 Å². The maximum atomic E-state index is 10.8. The lowest BCUT2D eigenvalue weighted by molar-refractivity contribution is 0.0696. The van der Waals surface area contributed by atoms with Gasteiger partial charge in [0.05, 0.1) is 80.6 Å². The zero-order valence-corrected chi connectivity index (χ0v) is 63.7. The zero-order valence-electron chi connectivity index (χ0n) is 59.9. The van der Waals surface area contributed by atoms with Crippen molar-refractivity contribution in [3.8, 4) is 96.3 Å². The van der Waals surface area contributed by atoms with Gasteiger partial charge in [-0.25, -0.2) is 59.6 Å². The van der Waals surface area contributed by atoms with Gasteiger partial charge in [0.25, 0.3) is 0 Å². The Hall–Kier alpha value is -11.7. The number of nitrogens with one attached hydrogen (secondary N) is 1. The van der Waals surface area contributed by atoms with Crippen molar-refractivity contribution in [2.75, 3.05) is 67.8 Å². The highest BCUT2D eigenvalue weighted by atomic mass is 35.5. The number of aliphatic hydroxyl groups is 1. The summed E-state index contributed by atoms with van der Waals surface area (Å²) in [6, 6.07) is 42.7. The standard InChI is InChI=1S/2C13H13Cl2N3O.C13H13N3O2.C13H15N3O.C12H11ClN4O2.C12H13N3O/c1-3-7-4-11(18-13(16)17-7)9-5-8(19-2)6-10(14)12(9)15;1-3-7-6-9(18-13(16)17-7)8-4-5-10(19-2)12(15)11(8)14;1-2-10-7-11(16-13(14)15-10)8-3-5-9(6-4-8)12(17)18;1-2-11-7-12(16-13(14)15-11)10-5-3-4-9(6-10)8-17;1-15-10-4-8(16-12(14)17-10)6-2-7(13)11-9(3-6)18-5-19-11;1-2-9-7-11(15-12(13)14-9)8-3-5-10(16)6-4-8/h2*4-6H,3H2,1-2H3,(H2,16,17,18);3-7H,2H2,1H3,(H,17,18)(H2,14,15,16);3-7,17H,2,8H2,1H3,(H2,14,15,16);2-4H,5H2,1H3,(H3,14,15,16,17);3-7,16H,2H2,1H3,(H2,13,14,15). The SMILES string of the molecule is CCc1cc(-c2cc(OC)cc(Cl)c2Cl)nc(N)n1.CCc1cc(-c2ccc(C(=O)O)cc2)nc(N)n1.CCc1cc(-c2ccc(O)cc2)nc(N)n1.CCc1cc(-c2ccc(OC)c(Cl)c2Cl)nc(N)n1.CCc1cc(-c2cccc(CO)c2)nc(N)n1.CNc1cc(-c2cc(Cl)c3c(c2)OCO3)nc(N)n1. The number of nitrogen functional groups attached to an aromatic ring is 6. The van der Waals surface area contributed by atoms with Gasteiger partial charge >= 0.3 is 5.97 Å². The van der Waals surface area contributed by atoms with Crippen LogP contribution in [-0.2, 0) is 38.7 Å². The molecule has 32 heteroatoms. The van der Waals surface area contributed by atoms with Crippen LogP contribution in [0.1, 0.15) is 79.0 Å². The number of phenols is 1. The topological polar surface area (TPSA) is 438 Å². The number of methoxy groups -OCH3 is 2. The largest absolute Gasteiger partial charge is 0.508 e. The first-order valence-corrected chi connectivity index (χ1v) is 35.2. The van der Waals surface area contributed by atoms with E-state index in [9.17, 15) is 9.90 Å². The molecule has 16 N–H and O–H groups in total. The van der Waals surface area contributed by atoms with E-state index in [1.807, 2.05) is 95.3 Å². The number of carboxylic acids is 1. The van der Waals surface area contributed by atoms with Crippen molar-refractivity contribution in [1.82, 2.24) is 59.8 Å². The fourth-order valence-electron chi connectivity index (χ4n) is 10.1. The van der Waals surface area contributed by atoms with E-state index in [2.05, 4.69) is 65.1 Å². The first-order chi connectivity index (χ1) is 51.8. The molecule has 1 aliphatic rings. The van der Waals surface area contributed by atoms with Crippen molar-refractivity contribution in [2.45, 2.75) is 73.3 Å². The number of aliphatic hydroxyl groups excluding tert-OH is 1. The van der Waals surface area contributed by atoms with Crippen molar-refractivity contribution in [1.29, 1.82) is 0 Å². The Balaban J connectivity index is 0.000000163. The summed E-state index contributed by atoms with van der Waals surface area (Å²) in [5, 5.41) is 32.1. The number of hydrogen-bond donors (Lipinski definition) is 10. The van der Waals surface area contributed by atoms with Crippen LogP contribution in [0.3, 0.4) is 0 Å². The number of nitrogens with zero attached hydrogens (tertiary/aromatic N) is 12. The lowest BCUT2D eigenvalue weighted by atomic mass is 10.1. The van der Waals surface area contributed by atoms with E-state index in [-0.39, 0.29) is 60.4 Å². The summed E-state index contributed by atoms with van der Waals surface area (Å²) < 4.78 is 20.9. The number of anilines is 7. The number of carbonyl (C=O) groups is 1. The van der Waals surface area contributed by atoms with Crippen LogP contribution in [0.25, 0.3) is 67.5 Å². The van der Waals surface area contributed by atoms with E-state index in [1.54, 1.807) is 99.1 Å². The molecule has 0 saturated heterocycles. The highest BCUT2D eigenvalue weighted by molar-refractivity contribution is 6.45. The molecule has 13 rings (SSSR count). The number of rotatable bonds is 16. The monoisotopic (exact) mass is 1560 g/mol. The molecular formula is C76H78Cl5N19O8. The molecule has 12 aromatic rings. The van der Waals surface area contributed by atoms with Gasteiger partial charge in [-0.05, 0) is 141 Å². The predicted octanol–water partition coefficient (Wildman–Crippen LogP) is 15.1. The fraction of sp³-hybridized carbons (Fsp3) is 0.197. The van der Waals surface area contributed by atoms with E-state index in [1.165, 1.54) is 7.11 Å². The van der Waals surface area contributed by atoms with Gasteiger partial charge < -0.3 is 74.0 Å². The van der Waals surface area contributed by atoms with Gasteiger partial charge in [0.1, 0.15) is 28.1 Å². The molecule has 6 aromatic heterocycles. The minimum Gasteiger partial charge on any atom is -0.508 e. The van der Waals surface area contributed by atoms with Crippen LogP contribution in [0.5, 0.6) is 28.7 Å². The Morgan fingerprint density at radius 1 is 0.454 bits per heavy atom. The molecular weight excluding hydrogens is 1480 g/mol. The average Bonchev–Trinajstić information content (AvgIpc) is 1.64. The van der Waals surface area contributed by atoms with Gasteiger partial charge in [-0.1, -0.05) is 123 Å². The van der Waals surface area contributed by atoms with Crippen LogP contribution in [0.4, 0.5) is 41.5 Å². The summed E-state index contributed by atoms with van der Waals surface area (Å²) in [6.07, 6.45) is 3.93. The van der Waals surface area contributed by atoms with E-state index in [4.69, 9.17) is 122 Å². The summed E-state index contributed by atoms with van der Waals surface area (Å²) >= 11 is 30.8. The molecule has 0 fully saturated rings. The summed E-state index contributed by atoms with van der Waals surface area (Å²) in [4.78, 5) is 60.5. The number of aryl methyl sites for hydroxylation is 5. The molecule has 0 unspecified atom stereocenters. The van der Waals surface area contributed by atoms with Gasteiger partial charge in [0, 0.05) is 81.0 Å². The van der Waals surface area contributed by atoms with Crippen molar-refractivity contribution in [3.63, 3.8) is 0 Å². The van der Waals surface area contributed by atoms with Gasteiger partial charge in [0.2, 0.25) is 42.5 Å². The lowest BCUT2D eigenvalue weighted by Crippen LogP contribution is -2.01. The third kappa shape index (κ3) is 22.4. The van der Waals surface area contributed by atoms with Crippen molar-refractivity contribution >= 4 is 105 Å². The number of aromatic hydroxyl groups is 1. The molecule has 6 aromatic carbocycles. The van der Waals surface area contributed by atoms with Crippen LogP contribution in [0.2, 0.25) is 25.1 Å². The maximum Gasteiger partial charge on any atom is 0.335 e. The quantitative estimate of drug-likeness (QED) is 0.0429. The molecule has 1 aliphatic heterocycles. The van der Waals surface area contributed by atoms with Gasteiger partial charge in [-0.3, -0.25) is 0 Å². The first kappa shape index (κ1) is 81.9. The molecule has 7 heterocycles. The Kier molecular flexibility index (Phi) is 29.6. The number of ether oxygens (including phenoxy) is 4. The number of halogens is 5. The fourth-order valence-corrected chi connectivity index (χ4v) is 11.2. The molecule has 0 atom stereocenters. The third-order valence-corrected chi connectivity index (χ3v) is 17.5. The number of fused-ring (bicyclic) bond motifs is 1. The second-order valence-corrected chi connectivity index (χ2v) is 24.9. The second kappa shape index (κ2) is 39.0. The molecule has 0 spiro atoms. The number of carboxylic acid groups (broad SMARTS) is 1. The molecule has 0 bridgehead atoms. The summed E-state index contributed by atoms with van der Waals surface area (Å²) in [7, 11) is 4.86. The van der Waals surface area contributed by atoms with E-state index in [0.29, 0.717) is 87.8 Å². The molecule has 560 valence electrons. The van der Waals surface area contributed by atoms with Crippen LogP contribution < -0.4 is 58.7 Å². The van der Waals surface area contributed by atoms with Crippen LogP contribution in [0, 0.1) is 0 Å². The summed E-state index contributed by atoms with van der Waals surface area (Å²) in [5.74, 6) is 3.63. The number of nitrogens with two attached hydrogens (primary N) is 6. The number of benzene rings is 6. The van der Waals surface area contributed by atoms with Gasteiger partial charge in [0.15, 0.2) is 11.5 Å². The van der Waals surface area contributed by atoms with E-state index >= 15 is 0 Å². The van der Waals surface area contributed by atoms with Crippen LogP contribution in [-0.4, -0.2) is 109 Å². The number of phenolic OH excluding ortho intramolecular Hbond substituents is 1. The zero-order chi connectivity index (χ0) is 78.3. The second-order valence-electron chi connectivity index (χ2n) is 22.9. The van der Waals surface area contributed by atoms with Gasteiger partial charge in [-0.15, -0.1) is 0 Å². The Labute approximate surface area is 648 Å². The molecule has 0 saturated carbocycles. The average molecular weight is 1560 g/mol. The smallest absolute Gasteiger partial charge is 0.335 e. The highest BCUT2D eigenvalue weighted by Gasteiger charge is 2.21. The number of hydrogen-bond acceptors (Lipinski definition) is 26. The number of aromatic carboxylic acids is 1. The summed E-state index contributed by atoms with van der Waals surface area (Å²) in [5.41, 5.74) is 48.6. The lowest BCUT2D eigenvalue weighted by Gasteiger charge is -2.10. The Bertz CT molecular complexity index is 5110. The summed E-state index contributed by atoms with van der Waals surface area (Å²) in [6.45, 7) is 10.2. The van der Waals surface area contributed by atoms with E-state index in [0.717, 1.165) is 99.8 Å². The Morgan fingerprint density at radius 2 is 0.907 bits per heavy atom. The molecule has 108 heavy (non-hydrogen) atoms. The van der Waals surface area contributed by atoms with E-state index < -0.39 is 5.97 Å². The molecule has 27 nitrogen and oxygen atoms in total. The first-order valence-electron chi connectivity index (χ1n) is 33.3. The minimum atomic E-state index is -0.946. The normalized spacial score (nSPS) is 10.8. The number of aromatic nitrogens is 12. The van der Waals surface area contributed by atoms with Gasteiger partial charge in [-0.2, -0.15) is 4.98 Å². The Morgan fingerprint density at radius 3 is 1.37 bits per heavy atom. The highest BCUT2D eigenvalue weighted by Crippen LogP contribution is 2.43. The molecule has 0 aliphatic carbocycles. The van der Waals surface area contributed by atoms with Crippen molar-refractivity contribution in [3.05, 3.63) is 210 Å². The van der Waals surface area contributed by atoms with Crippen molar-refractivity contribution < 1.29 is 39.1 Å². The predicted molar refractivity (Wildman–Crippen MR) is 427 cm³/mol. The molecule has 0 amide bonds. The van der Waals surface area contributed by atoms with Crippen LogP contribution in [0.15, 0.2) is 146 Å². The maximum absolute atomic E-state index is 10.8.